The Morgan fingerprint density at radius 2 is 1.72 bits per heavy atom. The Hall–Kier alpha value is -0.157. The van der Waals surface area contributed by atoms with Gasteiger partial charge in [-0.1, -0.05) is 0 Å². The third-order valence-electron chi connectivity index (χ3n) is 4.49. The first kappa shape index (κ1) is 14.3. The van der Waals surface area contributed by atoms with Crippen molar-refractivity contribution in [3.63, 3.8) is 0 Å². The summed E-state index contributed by atoms with van der Waals surface area (Å²) in [5.41, 5.74) is 4.68. The van der Waals surface area contributed by atoms with Gasteiger partial charge in [0.15, 0.2) is 0 Å². The summed E-state index contributed by atoms with van der Waals surface area (Å²) in [4.78, 5) is 0. The summed E-state index contributed by atoms with van der Waals surface area (Å²) < 4.78 is 0.862. The molecule has 0 nitrogen and oxygen atoms in total. The zero-order chi connectivity index (χ0) is 13.4. The van der Waals surface area contributed by atoms with Crippen LogP contribution in [0.1, 0.15) is 47.5 Å². The van der Waals surface area contributed by atoms with Gasteiger partial charge in [-0.3, -0.25) is 0 Å². The molecule has 0 radical (unpaired) electrons. The van der Waals surface area contributed by atoms with E-state index in [1.54, 1.807) is 5.57 Å². The maximum absolute atomic E-state index is 2.56. The van der Waals surface area contributed by atoms with E-state index in [1.165, 1.54) is 24.0 Å². The molecule has 2 rings (SSSR count). The van der Waals surface area contributed by atoms with Crippen molar-refractivity contribution in [3.05, 3.63) is 47.1 Å². The van der Waals surface area contributed by atoms with Crippen LogP contribution in [0.25, 0.3) is 0 Å². The van der Waals surface area contributed by atoms with Crippen LogP contribution in [0.3, 0.4) is 0 Å². The van der Waals surface area contributed by atoms with Crippen LogP contribution in [0.2, 0.25) is 6.25 Å². The second-order valence-electron chi connectivity index (χ2n) is 5.91. The van der Waals surface area contributed by atoms with E-state index in [9.17, 15) is 0 Å². The topological polar surface area (TPSA) is 0 Å². The van der Waals surface area contributed by atoms with Crippen LogP contribution < -0.4 is 0 Å². The molecule has 0 aromatic carbocycles. The molecule has 0 saturated carbocycles. The SMILES string of the molecule is CCC[C]1([Zr][C]2(C)C=C(C)C(C)=C2C)C=CC=C1. The van der Waals surface area contributed by atoms with Crippen LogP contribution >= 0.6 is 0 Å². The van der Waals surface area contributed by atoms with Gasteiger partial charge < -0.3 is 0 Å². The van der Waals surface area contributed by atoms with Crippen molar-refractivity contribution in [2.45, 2.75) is 53.7 Å². The molecule has 0 N–H and O–H groups in total. The fourth-order valence-electron chi connectivity index (χ4n) is 3.18. The molecule has 0 saturated heterocycles. The number of hydrogen-bond acceptors (Lipinski definition) is 0. The van der Waals surface area contributed by atoms with E-state index in [1.807, 2.05) is 0 Å². The fraction of sp³-hybridized carbons (Fsp3) is 0.529. The van der Waals surface area contributed by atoms with Crippen molar-refractivity contribution < 1.29 is 23.2 Å². The second-order valence-corrected chi connectivity index (χ2v) is 11.4. The first-order chi connectivity index (χ1) is 8.42. The molecule has 96 valence electrons. The molecule has 0 amide bonds. The molecule has 0 heterocycles. The van der Waals surface area contributed by atoms with Gasteiger partial charge in [0.1, 0.15) is 0 Å². The normalized spacial score (nSPS) is 29.1. The molecule has 1 unspecified atom stereocenters. The van der Waals surface area contributed by atoms with Gasteiger partial charge in [0, 0.05) is 0 Å². The Kier molecular flexibility index (Phi) is 4.02. The molecule has 18 heavy (non-hydrogen) atoms. The third-order valence-corrected chi connectivity index (χ3v) is 9.62. The Balaban J connectivity index is 2.29. The summed E-state index contributed by atoms with van der Waals surface area (Å²) in [5, 5.41) is 0. The van der Waals surface area contributed by atoms with Crippen LogP contribution in [0.4, 0.5) is 0 Å². The Bertz CT molecular complexity index is 450. The predicted octanol–water partition coefficient (Wildman–Crippen LogP) is 5.63. The summed E-state index contributed by atoms with van der Waals surface area (Å²) in [6.07, 6.45) is 14.7. The van der Waals surface area contributed by atoms with Gasteiger partial charge in [0.2, 0.25) is 0 Å². The van der Waals surface area contributed by atoms with Crippen molar-refractivity contribution >= 4 is 0 Å². The fourth-order valence-corrected chi connectivity index (χ4v) is 9.00. The molecule has 0 aromatic heterocycles. The second kappa shape index (κ2) is 5.08. The molecule has 1 heteroatoms. The molecule has 0 spiro atoms. The van der Waals surface area contributed by atoms with E-state index >= 15 is 0 Å². The molecular weight excluding hydrogens is 295 g/mol. The van der Waals surface area contributed by atoms with Gasteiger partial charge >= 0.3 is 124 Å². The van der Waals surface area contributed by atoms with Crippen molar-refractivity contribution in [1.29, 1.82) is 0 Å². The molecule has 2 aliphatic carbocycles. The third kappa shape index (κ3) is 2.44. The molecule has 1 atom stereocenters. The van der Waals surface area contributed by atoms with Crippen molar-refractivity contribution in [2.75, 3.05) is 0 Å². The summed E-state index contributed by atoms with van der Waals surface area (Å²) in [6.45, 7) is 11.7. The van der Waals surface area contributed by atoms with Crippen molar-refractivity contribution in [1.82, 2.24) is 0 Å². The minimum atomic E-state index is -0.600. The number of rotatable bonds is 4. The van der Waals surface area contributed by atoms with Gasteiger partial charge in [-0.25, -0.2) is 0 Å². The van der Waals surface area contributed by atoms with Crippen LogP contribution in [0, 0.1) is 0 Å². The van der Waals surface area contributed by atoms with Gasteiger partial charge in [0.05, 0.1) is 0 Å². The Morgan fingerprint density at radius 1 is 1.11 bits per heavy atom. The Morgan fingerprint density at radius 3 is 2.17 bits per heavy atom. The van der Waals surface area contributed by atoms with Crippen LogP contribution in [0.5, 0.6) is 0 Å². The Labute approximate surface area is 124 Å². The van der Waals surface area contributed by atoms with Crippen LogP contribution in [0.15, 0.2) is 47.1 Å². The van der Waals surface area contributed by atoms with Crippen molar-refractivity contribution in [3.8, 4) is 0 Å². The van der Waals surface area contributed by atoms with E-state index in [0.29, 0.717) is 6.25 Å². The van der Waals surface area contributed by atoms with Gasteiger partial charge in [-0.15, -0.1) is 0 Å². The molecule has 0 bridgehead atoms. The molecule has 0 aromatic rings. The summed E-state index contributed by atoms with van der Waals surface area (Å²) in [5.74, 6) is 0. The molecule has 0 aliphatic heterocycles. The summed E-state index contributed by atoms with van der Waals surface area (Å²) in [7, 11) is 0. The van der Waals surface area contributed by atoms with Gasteiger partial charge in [-0.05, 0) is 0 Å². The number of hydrogen-bond donors (Lipinski definition) is 0. The zero-order valence-electron chi connectivity index (χ0n) is 12.3. The monoisotopic (exact) mass is 318 g/mol. The average Bonchev–Trinajstić information content (AvgIpc) is 2.81. The summed E-state index contributed by atoms with van der Waals surface area (Å²) in [6, 6.07) is 0. The number of allylic oxidation sites excluding steroid dienone is 8. The molecule has 2 aliphatic rings. The average molecular weight is 320 g/mol. The van der Waals surface area contributed by atoms with Crippen LogP contribution in [-0.4, -0.2) is 0 Å². The van der Waals surface area contributed by atoms with E-state index in [4.69, 9.17) is 0 Å². The van der Waals surface area contributed by atoms with E-state index < -0.39 is 23.2 Å². The standard InChI is InChI=1S/C9H13.C8H11.Zr/c1-6-5-7(2)9(4)8(6)3;1-2-5-8-6-3-4-7-8;/h5H,1-4H3;3-4,6-7H,2,5H2,1H3;. The summed E-state index contributed by atoms with van der Waals surface area (Å²) >= 11 is -0.600. The molecular formula is C17H24Zr. The molecule has 0 fully saturated rings. The first-order valence-electron chi connectivity index (χ1n) is 6.97. The van der Waals surface area contributed by atoms with E-state index in [2.05, 4.69) is 65.0 Å². The van der Waals surface area contributed by atoms with E-state index in [0.717, 1.165) is 0 Å². The quantitative estimate of drug-likeness (QED) is 0.630. The minimum absolute atomic E-state index is 0.408. The van der Waals surface area contributed by atoms with Crippen molar-refractivity contribution in [2.24, 2.45) is 0 Å². The first-order valence-corrected chi connectivity index (χ1v) is 9.42. The predicted molar refractivity (Wildman–Crippen MR) is 76.4 cm³/mol. The van der Waals surface area contributed by atoms with Crippen LogP contribution in [-0.2, 0) is 23.2 Å². The maximum atomic E-state index is 2.56. The van der Waals surface area contributed by atoms with Gasteiger partial charge in [-0.2, -0.15) is 0 Å². The zero-order valence-corrected chi connectivity index (χ0v) is 14.8. The van der Waals surface area contributed by atoms with Gasteiger partial charge in [0.25, 0.3) is 0 Å². The van der Waals surface area contributed by atoms with E-state index in [-0.39, 0.29) is 0 Å².